The zero-order valence-electron chi connectivity index (χ0n) is 12.6. The number of aromatic nitrogens is 5. The van der Waals surface area contributed by atoms with Gasteiger partial charge in [-0.1, -0.05) is 12.1 Å². The Labute approximate surface area is 128 Å². The summed E-state index contributed by atoms with van der Waals surface area (Å²) in [5.41, 5.74) is 1.88. The van der Waals surface area contributed by atoms with Gasteiger partial charge in [-0.2, -0.15) is 0 Å². The molecular weight excluding hydrogens is 276 g/mol. The predicted molar refractivity (Wildman–Crippen MR) is 84.7 cm³/mol. The summed E-state index contributed by atoms with van der Waals surface area (Å²) < 4.78 is 2.01. The minimum Gasteiger partial charge on any atom is -0.355 e. The van der Waals surface area contributed by atoms with Crippen LogP contribution in [0.3, 0.4) is 0 Å². The third-order valence-corrected chi connectivity index (χ3v) is 4.29. The van der Waals surface area contributed by atoms with Crippen molar-refractivity contribution in [2.24, 2.45) is 7.05 Å². The first-order valence-electron chi connectivity index (χ1n) is 7.62. The van der Waals surface area contributed by atoms with Gasteiger partial charge in [0.1, 0.15) is 18.0 Å². The average Bonchev–Trinajstić information content (AvgIpc) is 3.00. The fourth-order valence-corrected chi connectivity index (χ4v) is 3.16. The Morgan fingerprint density at radius 3 is 2.86 bits per heavy atom. The van der Waals surface area contributed by atoms with Crippen molar-refractivity contribution < 1.29 is 0 Å². The lowest BCUT2D eigenvalue weighted by atomic mass is 9.97. The molecule has 0 saturated carbocycles. The van der Waals surface area contributed by atoms with Crippen LogP contribution in [0.1, 0.15) is 24.6 Å². The molecular formula is C16H18N6. The van der Waals surface area contributed by atoms with Crippen molar-refractivity contribution in [3.8, 4) is 0 Å². The molecule has 0 aliphatic carbocycles. The summed E-state index contributed by atoms with van der Waals surface area (Å²) in [4.78, 5) is 11.6. The number of anilines is 1. The second-order valence-electron chi connectivity index (χ2n) is 5.80. The number of aryl methyl sites for hydroxylation is 1. The highest BCUT2D eigenvalue weighted by molar-refractivity contribution is 5.75. The van der Waals surface area contributed by atoms with Gasteiger partial charge in [-0.25, -0.2) is 4.98 Å². The second kappa shape index (κ2) is 5.36. The van der Waals surface area contributed by atoms with Crippen LogP contribution in [-0.4, -0.2) is 37.8 Å². The minimum absolute atomic E-state index is 0.398. The molecule has 2 aromatic heterocycles. The van der Waals surface area contributed by atoms with E-state index < -0.39 is 0 Å². The van der Waals surface area contributed by atoms with E-state index in [-0.39, 0.29) is 0 Å². The molecule has 0 spiro atoms. The quantitative estimate of drug-likeness (QED) is 0.724. The van der Waals surface area contributed by atoms with E-state index in [9.17, 15) is 0 Å². The average molecular weight is 294 g/mol. The van der Waals surface area contributed by atoms with Crippen LogP contribution in [-0.2, 0) is 7.05 Å². The fraction of sp³-hybridized carbons (Fsp3) is 0.375. The monoisotopic (exact) mass is 294 g/mol. The molecule has 0 amide bonds. The van der Waals surface area contributed by atoms with Crippen LogP contribution in [0, 0.1) is 0 Å². The van der Waals surface area contributed by atoms with Crippen molar-refractivity contribution in [3.63, 3.8) is 0 Å². The smallest absolute Gasteiger partial charge is 0.147 e. The maximum atomic E-state index is 4.76. The van der Waals surface area contributed by atoms with E-state index in [2.05, 4.69) is 20.1 Å². The highest BCUT2D eigenvalue weighted by atomic mass is 15.3. The fourth-order valence-electron chi connectivity index (χ4n) is 3.16. The molecule has 3 heterocycles. The van der Waals surface area contributed by atoms with Crippen molar-refractivity contribution in [2.45, 2.75) is 18.8 Å². The van der Waals surface area contributed by atoms with Gasteiger partial charge in [0.05, 0.1) is 17.2 Å². The molecule has 0 bridgehead atoms. The van der Waals surface area contributed by atoms with Crippen LogP contribution >= 0.6 is 0 Å². The number of fused-ring (bicyclic) bond motifs is 1. The molecule has 0 radical (unpaired) electrons. The summed E-state index contributed by atoms with van der Waals surface area (Å²) in [5, 5.41) is 8.27. The molecule has 6 heteroatoms. The third kappa shape index (κ3) is 2.30. The first-order chi connectivity index (χ1) is 10.8. The number of rotatable bonds is 2. The topological polar surface area (TPSA) is 59.7 Å². The van der Waals surface area contributed by atoms with E-state index in [0.717, 1.165) is 48.6 Å². The Hall–Kier alpha value is -2.50. The third-order valence-electron chi connectivity index (χ3n) is 4.29. The Balaban J connectivity index is 1.62. The SMILES string of the molecule is Cn1cnnc1[C@@H]1CCCN(c2cnc3ccccc3n2)C1. The van der Waals surface area contributed by atoms with Gasteiger partial charge in [-0.3, -0.25) is 4.98 Å². The van der Waals surface area contributed by atoms with Gasteiger partial charge in [0, 0.05) is 26.1 Å². The van der Waals surface area contributed by atoms with Crippen molar-refractivity contribution in [1.29, 1.82) is 0 Å². The Kier molecular flexibility index (Phi) is 3.21. The van der Waals surface area contributed by atoms with Crippen LogP contribution in [0.25, 0.3) is 11.0 Å². The van der Waals surface area contributed by atoms with Gasteiger partial charge in [0.25, 0.3) is 0 Å². The molecule has 112 valence electrons. The number of nitrogens with zero attached hydrogens (tertiary/aromatic N) is 6. The van der Waals surface area contributed by atoms with Crippen LogP contribution in [0.5, 0.6) is 0 Å². The van der Waals surface area contributed by atoms with E-state index in [1.807, 2.05) is 42.1 Å². The second-order valence-corrected chi connectivity index (χ2v) is 5.80. The summed E-state index contributed by atoms with van der Waals surface area (Å²) in [6.45, 7) is 1.93. The Morgan fingerprint density at radius 1 is 1.18 bits per heavy atom. The van der Waals surface area contributed by atoms with E-state index in [0.29, 0.717) is 5.92 Å². The summed E-state index contributed by atoms with van der Waals surface area (Å²) in [6.07, 6.45) is 5.92. The zero-order chi connectivity index (χ0) is 14.9. The zero-order valence-corrected chi connectivity index (χ0v) is 12.6. The Bertz CT molecular complexity index is 796. The van der Waals surface area contributed by atoms with E-state index >= 15 is 0 Å². The summed E-state index contributed by atoms with van der Waals surface area (Å²) in [7, 11) is 2.00. The largest absolute Gasteiger partial charge is 0.355 e. The van der Waals surface area contributed by atoms with Gasteiger partial charge < -0.3 is 9.47 Å². The summed E-state index contributed by atoms with van der Waals surface area (Å²) in [6, 6.07) is 7.99. The number of benzene rings is 1. The van der Waals surface area contributed by atoms with Gasteiger partial charge >= 0.3 is 0 Å². The highest BCUT2D eigenvalue weighted by Gasteiger charge is 2.25. The van der Waals surface area contributed by atoms with E-state index in [1.54, 1.807) is 6.33 Å². The lowest BCUT2D eigenvalue weighted by Crippen LogP contribution is -2.35. The molecule has 0 N–H and O–H groups in total. The molecule has 0 unspecified atom stereocenters. The standard InChI is InChI=1S/C16H18N6/c1-21-11-18-20-16(21)12-5-4-8-22(10-12)15-9-17-13-6-2-3-7-14(13)19-15/h2-3,6-7,9,11-12H,4-5,8,10H2,1H3/t12-/m1/s1. The lowest BCUT2D eigenvalue weighted by molar-refractivity contribution is 0.478. The highest BCUT2D eigenvalue weighted by Crippen LogP contribution is 2.28. The first-order valence-corrected chi connectivity index (χ1v) is 7.62. The van der Waals surface area contributed by atoms with Gasteiger partial charge in [-0.05, 0) is 25.0 Å². The molecule has 1 aliphatic rings. The number of piperidine rings is 1. The Morgan fingerprint density at radius 2 is 2.05 bits per heavy atom. The van der Waals surface area contributed by atoms with Gasteiger partial charge in [0.2, 0.25) is 0 Å². The van der Waals surface area contributed by atoms with Crippen molar-refractivity contribution in [3.05, 3.63) is 42.6 Å². The van der Waals surface area contributed by atoms with Crippen LogP contribution in [0.2, 0.25) is 0 Å². The minimum atomic E-state index is 0.398. The van der Waals surface area contributed by atoms with Crippen molar-refractivity contribution in [1.82, 2.24) is 24.7 Å². The molecule has 6 nitrogen and oxygen atoms in total. The molecule has 1 atom stereocenters. The number of hydrogen-bond donors (Lipinski definition) is 0. The van der Waals surface area contributed by atoms with Crippen LogP contribution < -0.4 is 4.90 Å². The van der Waals surface area contributed by atoms with Crippen molar-refractivity contribution in [2.75, 3.05) is 18.0 Å². The molecule has 4 rings (SSSR count). The summed E-state index contributed by atoms with van der Waals surface area (Å²) >= 11 is 0. The lowest BCUT2D eigenvalue weighted by Gasteiger charge is -2.32. The predicted octanol–water partition coefficient (Wildman–Crippen LogP) is 2.14. The number of hydrogen-bond acceptors (Lipinski definition) is 5. The molecule has 1 aromatic carbocycles. The molecule has 1 saturated heterocycles. The van der Waals surface area contributed by atoms with Gasteiger partial charge in [0.15, 0.2) is 0 Å². The maximum Gasteiger partial charge on any atom is 0.147 e. The van der Waals surface area contributed by atoms with Crippen LogP contribution in [0.15, 0.2) is 36.8 Å². The molecule has 3 aromatic rings. The van der Waals surface area contributed by atoms with Crippen molar-refractivity contribution >= 4 is 16.9 Å². The maximum absolute atomic E-state index is 4.76. The first kappa shape index (κ1) is 13.2. The molecule has 1 fully saturated rings. The normalized spacial score (nSPS) is 18.8. The number of para-hydroxylation sites is 2. The van der Waals surface area contributed by atoms with Gasteiger partial charge in [-0.15, -0.1) is 10.2 Å². The van der Waals surface area contributed by atoms with E-state index in [1.165, 1.54) is 0 Å². The molecule has 22 heavy (non-hydrogen) atoms. The van der Waals surface area contributed by atoms with Crippen LogP contribution in [0.4, 0.5) is 5.82 Å². The summed E-state index contributed by atoms with van der Waals surface area (Å²) in [5.74, 6) is 2.40. The molecule has 1 aliphatic heterocycles. The van der Waals surface area contributed by atoms with E-state index in [4.69, 9.17) is 4.98 Å².